The number of amides is 3. The van der Waals surface area contributed by atoms with Crippen LogP contribution in [0.3, 0.4) is 0 Å². The minimum absolute atomic E-state index is 0.215. The molecule has 6 heteroatoms. The third-order valence-corrected chi connectivity index (χ3v) is 5.03. The molecule has 0 radical (unpaired) electrons. The molecule has 6 nitrogen and oxygen atoms in total. The van der Waals surface area contributed by atoms with E-state index in [4.69, 9.17) is 4.74 Å². The zero-order valence-electron chi connectivity index (χ0n) is 17.6. The van der Waals surface area contributed by atoms with E-state index < -0.39 is 11.8 Å². The average molecular weight is 414 g/mol. The molecule has 1 heterocycles. The minimum atomic E-state index is -0.454. The Labute approximate surface area is 180 Å². The summed E-state index contributed by atoms with van der Waals surface area (Å²) in [6.45, 7) is 6.32. The summed E-state index contributed by atoms with van der Waals surface area (Å²) in [6.07, 6.45) is 0. The second kappa shape index (κ2) is 8.07. The molecule has 0 bridgehead atoms. The lowest BCUT2D eigenvalue weighted by molar-refractivity contribution is 0.0925. The van der Waals surface area contributed by atoms with E-state index in [-0.39, 0.29) is 17.0 Å². The van der Waals surface area contributed by atoms with Gasteiger partial charge in [0.15, 0.2) is 0 Å². The largest absolute Gasteiger partial charge is 0.494 e. The fourth-order valence-corrected chi connectivity index (χ4v) is 3.72. The van der Waals surface area contributed by atoms with Gasteiger partial charge in [0.2, 0.25) is 0 Å². The zero-order valence-corrected chi connectivity index (χ0v) is 17.6. The molecule has 0 atom stereocenters. The molecule has 1 N–H and O–H groups in total. The molecular formula is C25H22N2O4. The molecule has 0 saturated carbocycles. The van der Waals surface area contributed by atoms with Crippen LogP contribution in [-0.4, -0.2) is 24.3 Å². The Bertz CT molecular complexity index is 1180. The number of ether oxygens (including phenoxy) is 1. The first-order chi connectivity index (χ1) is 14.9. The average Bonchev–Trinajstić information content (AvgIpc) is 2.98. The highest BCUT2D eigenvalue weighted by Crippen LogP contribution is 2.30. The van der Waals surface area contributed by atoms with Crippen molar-refractivity contribution in [1.29, 1.82) is 0 Å². The van der Waals surface area contributed by atoms with Crippen molar-refractivity contribution in [3.8, 4) is 5.75 Å². The topological polar surface area (TPSA) is 75.7 Å². The van der Waals surface area contributed by atoms with Crippen LogP contribution in [0.15, 0.2) is 60.7 Å². The maximum absolute atomic E-state index is 13.0. The van der Waals surface area contributed by atoms with Crippen molar-refractivity contribution < 1.29 is 19.1 Å². The highest BCUT2D eigenvalue weighted by atomic mass is 16.5. The van der Waals surface area contributed by atoms with Gasteiger partial charge in [0.1, 0.15) is 5.75 Å². The number of rotatable bonds is 5. The molecule has 0 aromatic heterocycles. The van der Waals surface area contributed by atoms with Crippen LogP contribution >= 0.6 is 0 Å². The van der Waals surface area contributed by atoms with Gasteiger partial charge in [-0.3, -0.25) is 14.4 Å². The van der Waals surface area contributed by atoms with Gasteiger partial charge >= 0.3 is 0 Å². The highest BCUT2D eigenvalue weighted by Gasteiger charge is 2.37. The quantitative estimate of drug-likeness (QED) is 0.611. The Morgan fingerprint density at radius 1 is 0.871 bits per heavy atom. The summed E-state index contributed by atoms with van der Waals surface area (Å²) in [6, 6.07) is 17.1. The van der Waals surface area contributed by atoms with E-state index in [1.54, 1.807) is 30.3 Å². The molecule has 3 aromatic carbocycles. The van der Waals surface area contributed by atoms with Gasteiger partial charge in [-0.05, 0) is 86.5 Å². The van der Waals surface area contributed by atoms with Crippen LogP contribution in [0.1, 0.15) is 49.1 Å². The van der Waals surface area contributed by atoms with E-state index in [0.717, 1.165) is 16.0 Å². The summed E-state index contributed by atoms with van der Waals surface area (Å²) >= 11 is 0. The molecule has 0 fully saturated rings. The van der Waals surface area contributed by atoms with Gasteiger partial charge in [-0.1, -0.05) is 6.07 Å². The van der Waals surface area contributed by atoms with Crippen molar-refractivity contribution in [2.24, 2.45) is 0 Å². The van der Waals surface area contributed by atoms with Gasteiger partial charge in [-0.15, -0.1) is 0 Å². The second-order valence-corrected chi connectivity index (χ2v) is 7.46. The number of benzene rings is 3. The first kappa shape index (κ1) is 20.3. The minimum Gasteiger partial charge on any atom is -0.494 e. The van der Waals surface area contributed by atoms with Gasteiger partial charge in [-0.25, -0.2) is 4.90 Å². The number of aryl methyl sites for hydroxylation is 2. The third kappa shape index (κ3) is 3.92. The summed E-state index contributed by atoms with van der Waals surface area (Å²) in [7, 11) is 0. The van der Waals surface area contributed by atoms with Crippen LogP contribution in [-0.2, 0) is 0 Å². The first-order valence-electron chi connectivity index (χ1n) is 10.0. The van der Waals surface area contributed by atoms with Crippen LogP contribution < -0.4 is 15.0 Å². The summed E-state index contributed by atoms with van der Waals surface area (Å²) in [5.74, 6) is -0.545. The van der Waals surface area contributed by atoms with Gasteiger partial charge < -0.3 is 10.1 Å². The van der Waals surface area contributed by atoms with Gasteiger partial charge in [0, 0.05) is 11.3 Å². The van der Waals surface area contributed by atoms with E-state index in [1.807, 2.05) is 39.0 Å². The number of fused-ring (bicyclic) bond motifs is 1. The number of imide groups is 1. The van der Waals surface area contributed by atoms with Crippen LogP contribution in [0.5, 0.6) is 5.75 Å². The van der Waals surface area contributed by atoms with E-state index in [9.17, 15) is 14.4 Å². The van der Waals surface area contributed by atoms with Crippen LogP contribution in [0.2, 0.25) is 0 Å². The van der Waals surface area contributed by atoms with Crippen LogP contribution in [0.25, 0.3) is 0 Å². The molecule has 156 valence electrons. The Balaban J connectivity index is 1.59. The van der Waals surface area contributed by atoms with Crippen molar-refractivity contribution >= 4 is 29.1 Å². The number of carbonyl (C=O) groups excluding carboxylic acids is 3. The first-order valence-corrected chi connectivity index (χ1v) is 10.0. The van der Waals surface area contributed by atoms with E-state index in [0.29, 0.717) is 29.3 Å². The SMILES string of the molecule is CCOc1ccc(N2C(=O)c3ccc(C(=O)Nc4cc(C)cc(C)c4)cc3C2=O)cc1. The summed E-state index contributed by atoms with van der Waals surface area (Å²) in [4.78, 5) is 39.7. The summed E-state index contributed by atoms with van der Waals surface area (Å²) in [5, 5.41) is 2.86. The molecule has 31 heavy (non-hydrogen) atoms. The summed E-state index contributed by atoms with van der Waals surface area (Å²) < 4.78 is 5.41. The van der Waals surface area contributed by atoms with Gasteiger partial charge in [-0.2, -0.15) is 0 Å². The molecule has 1 aliphatic rings. The molecule has 4 rings (SSSR count). The Hall–Kier alpha value is -3.93. The predicted molar refractivity (Wildman–Crippen MR) is 119 cm³/mol. The highest BCUT2D eigenvalue weighted by molar-refractivity contribution is 6.34. The van der Waals surface area contributed by atoms with Crippen LogP contribution in [0.4, 0.5) is 11.4 Å². The number of hydrogen-bond donors (Lipinski definition) is 1. The predicted octanol–water partition coefficient (Wildman–Crippen LogP) is 4.76. The Morgan fingerprint density at radius 3 is 2.16 bits per heavy atom. The number of hydrogen-bond acceptors (Lipinski definition) is 4. The number of nitrogens with zero attached hydrogens (tertiary/aromatic N) is 1. The van der Waals surface area contributed by atoms with Gasteiger partial charge in [0.25, 0.3) is 17.7 Å². The standard InChI is InChI=1S/C25H22N2O4/c1-4-31-20-8-6-19(7-9-20)27-24(29)21-10-5-17(14-22(21)25(27)30)23(28)26-18-12-15(2)11-16(3)13-18/h5-14H,4H2,1-3H3,(H,26,28). The normalized spacial score (nSPS) is 12.7. The van der Waals surface area contributed by atoms with E-state index >= 15 is 0 Å². The Morgan fingerprint density at radius 2 is 1.52 bits per heavy atom. The molecule has 3 amide bonds. The number of anilines is 2. The molecule has 0 unspecified atom stereocenters. The fourth-order valence-electron chi connectivity index (χ4n) is 3.72. The van der Waals surface area contributed by atoms with Crippen molar-refractivity contribution in [2.75, 3.05) is 16.8 Å². The van der Waals surface area contributed by atoms with Crippen molar-refractivity contribution in [2.45, 2.75) is 20.8 Å². The van der Waals surface area contributed by atoms with Gasteiger partial charge in [0.05, 0.1) is 23.4 Å². The summed E-state index contributed by atoms with van der Waals surface area (Å²) in [5.41, 5.74) is 4.02. The smallest absolute Gasteiger partial charge is 0.266 e. The molecule has 1 aliphatic heterocycles. The van der Waals surface area contributed by atoms with Crippen LogP contribution in [0, 0.1) is 13.8 Å². The monoisotopic (exact) mass is 414 g/mol. The number of carbonyl (C=O) groups is 3. The lowest BCUT2D eigenvalue weighted by Crippen LogP contribution is -2.29. The zero-order chi connectivity index (χ0) is 22.1. The molecule has 0 saturated heterocycles. The maximum atomic E-state index is 13.0. The molecule has 0 aliphatic carbocycles. The molecular weight excluding hydrogens is 392 g/mol. The Kier molecular flexibility index (Phi) is 5.29. The fraction of sp³-hybridized carbons (Fsp3) is 0.160. The van der Waals surface area contributed by atoms with Crippen molar-refractivity contribution in [3.05, 3.63) is 88.5 Å². The molecule has 0 spiro atoms. The number of nitrogens with one attached hydrogen (secondary N) is 1. The van der Waals surface area contributed by atoms with E-state index in [1.165, 1.54) is 12.1 Å². The van der Waals surface area contributed by atoms with Crippen molar-refractivity contribution in [1.82, 2.24) is 0 Å². The third-order valence-electron chi connectivity index (χ3n) is 5.03. The molecule has 3 aromatic rings. The maximum Gasteiger partial charge on any atom is 0.266 e. The lowest BCUT2D eigenvalue weighted by atomic mass is 10.0. The van der Waals surface area contributed by atoms with E-state index in [2.05, 4.69) is 5.32 Å². The second-order valence-electron chi connectivity index (χ2n) is 7.46. The lowest BCUT2D eigenvalue weighted by Gasteiger charge is -2.14. The van der Waals surface area contributed by atoms with Crippen molar-refractivity contribution in [3.63, 3.8) is 0 Å².